The average molecular weight is 604 g/mol. The largest absolute Gasteiger partial charge is 0.0654 e. The molecule has 0 aliphatic carbocycles. The van der Waals surface area contributed by atoms with E-state index in [1.54, 1.807) is 0 Å². The van der Waals surface area contributed by atoms with Crippen LogP contribution >= 0.6 is 0 Å². The van der Waals surface area contributed by atoms with Gasteiger partial charge in [-0.15, -0.1) is 0 Å². The van der Waals surface area contributed by atoms with Gasteiger partial charge in [0.25, 0.3) is 0 Å². The lowest BCUT2D eigenvalue weighted by Crippen LogP contribution is -1.85. The summed E-state index contributed by atoms with van der Waals surface area (Å²) in [5.41, 5.74) is 0. The number of rotatable bonds is 40. The van der Waals surface area contributed by atoms with Crippen LogP contribution in [-0.4, -0.2) is 0 Å². The molecule has 0 spiro atoms. The minimum absolute atomic E-state index is 1.37. The fourth-order valence-electron chi connectivity index (χ4n) is 6.88. The summed E-state index contributed by atoms with van der Waals surface area (Å²) in [6, 6.07) is 0. The van der Waals surface area contributed by atoms with Crippen LogP contribution in [0.4, 0.5) is 0 Å². The molecule has 0 aromatic rings. The van der Waals surface area contributed by atoms with Crippen molar-refractivity contribution in [2.24, 2.45) is 0 Å². The summed E-state index contributed by atoms with van der Waals surface area (Å²) < 4.78 is 0. The van der Waals surface area contributed by atoms with Gasteiger partial charge in [0, 0.05) is 0 Å². The van der Waals surface area contributed by atoms with Gasteiger partial charge in [0.15, 0.2) is 0 Å². The summed E-state index contributed by atoms with van der Waals surface area (Å²) in [6.07, 6.45) is 61.4. The first-order chi connectivity index (χ1) is 21.4. The monoisotopic (exact) mass is 604 g/mol. The van der Waals surface area contributed by atoms with E-state index in [-0.39, 0.29) is 0 Å². The molecule has 0 aliphatic rings. The van der Waals surface area contributed by atoms with Crippen molar-refractivity contribution in [3.8, 4) is 0 Å². The molecule has 0 saturated carbocycles. The zero-order valence-electron chi connectivity index (χ0n) is 30.9. The first kappa shape index (κ1) is 43.0. The van der Waals surface area contributed by atoms with Gasteiger partial charge in [-0.25, -0.2) is 0 Å². The first-order valence-electron chi connectivity index (χ1n) is 21.2. The van der Waals surface area contributed by atoms with Crippen LogP contribution in [0.25, 0.3) is 0 Å². The van der Waals surface area contributed by atoms with Crippen molar-refractivity contribution < 1.29 is 0 Å². The number of unbranched alkanes of at least 4 members (excludes halogenated alkanes) is 40. The Morgan fingerprint density at radius 3 is 0.488 bits per heavy atom. The molecule has 0 N–H and O–H groups in total. The Morgan fingerprint density at radius 1 is 0.186 bits per heavy atom. The van der Waals surface area contributed by atoms with Crippen molar-refractivity contribution in [3.05, 3.63) is 6.42 Å². The van der Waals surface area contributed by atoms with Gasteiger partial charge >= 0.3 is 0 Å². The molecule has 0 aromatic carbocycles. The van der Waals surface area contributed by atoms with Crippen molar-refractivity contribution in [1.29, 1.82) is 0 Å². The van der Waals surface area contributed by atoms with Crippen LogP contribution in [0.15, 0.2) is 0 Å². The molecule has 259 valence electrons. The maximum absolute atomic E-state index is 2.60. The smallest absolute Gasteiger partial charge is 0.0386 e. The summed E-state index contributed by atoms with van der Waals surface area (Å²) in [5.74, 6) is 0. The van der Waals surface area contributed by atoms with Gasteiger partial charge in [0.05, 0.1) is 0 Å². The molecule has 0 aromatic heterocycles. The molecule has 0 amide bonds. The van der Waals surface area contributed by atoms with Crippen LogP contribution in [0.1, 0.15) is 271 Å². The molecule has 0 fully saturated rings. The second-order valence-electron chi connectivity index (χ2n) is 14.6. The Balaban J connectivity index is 3.02. The van der Waals surface area contributed by atoms with Gasteiger partial charge in [-0.05, 0) is 6.42 Å². The zero-order chi connectivity index (χ0) is 31.0. The molecule has 0 aliphatic heterocycles. The third-order valence-corrected chi connectivity index (χ3v) is 10.0. The molecule has 0 heterocycles. The highest BCUT2D eigenvalue weighted by Gasteiger charge is 1.98. The molecule has 1 radical (unpaired) electrons. The lowest BCUT2D eigenvalue weighted by atomic mass is 10.0. The van der Waals surface area contributed by atoms with Gasteiger partial charge in [0.2, 0.25) is 0 Å². The Labute approximate surface area is 276 Å². The van der Waals surface area contributed by atoms with E-state index in [0.29, 0.717) is 0 Å². The van der Waals surface area contributed by atoms with Crippen molar-refractivity contribution in [1.82, 2.24) is 0 Å². The van der Waals surface area contributed by atoms with Gasteiger partial charge in [-0.2, -0.15) is 0 Å². The molecular weight excluding hydrogens is 516 g/mol. The SMILES string of the molecule is CCCCCCCCCCCCCCCCCCC[CH]CCCCCCCCCCCCCCCCCCCCCCC. The van der Waals surface area contributed by atoms with Crippen molar-refractivity contribution in [2.45, 2.75) is 271 Å². The lowest BCUT2D eigenvalue weighted by Gasteiger charge is -2.05. The number of hydrogen-bond acceptors (Lipinski definition) is 0. The molecule has 0 saturated heterocycles. The predicted octanol–water partition coefficient (Wildman–Crippen LogP) is 16.8. The summed E-state index contributed by atoms with van der Waals surface area (Å²) >= 11 is 0. The maximum atomic E-state index is 2.60. The molecule has 0 unspecified atom stereocenters. The van der Waals surface area contributed by atoms with E-state index in [0.717, 1.165) is 0 Å². The molecule has 0 rings (SSSR count). The minimum Gasteiger partial charge on any atom is -0.0654 e. The topological polar surface area (TPSA) is 0 Å². The fourth-order valence-corrected chi connectivity index (χ4v) is 6.88. The summed E-state index contributed by atoms with van der Waals surface area (Å²) in [7, 11) is 0. The summed E-state index contributed by atoms with van der Waals surface area (Å²) in [4.78, 5) is 0. The van der Waals surface area contributed by atoms with Crippen LogP contribution in [0.5, 0.6) is 0 Å². The molecule has 0 bridgehead atoms. The van der Waals surface area contributed by atoms with Crippen LogP contribution in [-0.2, 0) is 0 Å². The summed E-state index contributed by atoms with van der Waals surface area (Å²) in [6.45, 7) is 4.62. The molecule has 0 heteroatoms. The Kier molecular flexibility index (Phi) is 42.0. The van der Waals surface area contributed by atoms with Crippen molar-refractivity contribution in [3.63, 3.8) is 0 Å². The lowest BCUT2D eigenvalue weighted by molar-refractivity contribution is 0.519. The predicted molar refractivity (Wildman–Crippen MR) is 200 cm³/mol. The van der Waals surface area contributed by atoms with Crippen LogP contribution in [0.2, 0.25) is 0 Å². The highest BCUT2D eigenvalue weighted by Crippen LogP contribution is 2.17. The number of hydrogen-bond donors (Lipinski definition) is 0. The third-order valence-electron chi connectivity index (χ3n) is 10.0. The zero-order valence-corrected chi connectivity index (χ0v) is 30.9. The normalized spacial score (nSPS) is 11.6. The molecule has 43 heavy (non-hydrogen) atoms. The van der Waals surface area contributed by atoms with E-state index < -0.39 is 0 Å². The fraction of sp³-hybridized carbons (Fsp3) is 0.977. The highest BCUT2D eigenvalue weighted by molar-refractivity contribution is 4.65. The minimum atomic E-state index is 1.37. The molecule has 0 atom stereocenters. The Hall–Kier alpha value is 0. The molecular formula is C43H87. The van der Waals surface area contributed by atoms with E-state index in [1.807, 2.05) is 0 Å². The molecule has 0 nitrogen and oxygen atoms in total. The summed E-state index contributed by atoms with van der Waals surface area (Å²) in [5, 5.41) is 0. The quantitative estimate of drug-likeness (QED) is 0.0611. The second-order valence-corrected chi connectivity index (χ2v) is 14.6. The van der Waals surface area contributed by atoms with Crippen LogP contribution in [0.3, 0.4) is 0 Å². The second kappa shape index (κ2) is 42.0. The van der Waals surface area contributed by atoms with Crippen molar-refractivity contribution in [2.75, 3.05) is 0 Å². The van der Waals surface area contributed by atoms with Gasteiger partial charge in [-0.1, -0.05) is 271 Å². The average Bonchev–Trinajstić information content (AvgIpc) is 3.02. The van der Waals surface area contributed by atoms with E-state index in [9.17, 15) is 0 Å². The van der Waals surface area contributed by atoms with Gasteiger partial charge < -0.3 is 0 Å². The standard InChI is InChI=1S/C43H87/c1-3-5-7-9-11-13-15-17-19-21-23-25-27-29-31-33-35-37-39-41-43-42-40-38-36-34-32-30-28-26-24-22-20-18-16-14-12-10-8-6-4-2/h39H,3-38,40-43H2,1-2H3. The first-order valence-corrected chi connectivity index (χ1v) is 21.2. The maximum Gasteiger partial charge on any atom is -0.0386 e. The van der Waals surface area contributed by atoms with E-state index >= 15 is 0 Å². The van der Waals surface area contributed by atoms with Crippen LogP contribution in [0, 0.1) is 6.42 Å². The highest BCUT2D eigenvalue weighted by atomic mass is 14.0. The van der Waals surface area contributed by atoms with E-state index in [2.05, 4.69) is 20.3 Å². The third kappa shape index (κ3) is 42.0. The van der Waals surface area contributed by atoms with Crippen LogP contribution < -0.4 is 0 Å². The van der Waals surface area contributed by atoms with Gasteiger partial charge in [-0.3, -0.25) is 0 Å². The Morgan fingerprint density at radius 2 is 0.326 bits per heavy atom. The van der Waals surface area contributed by atoms with Crippen molar-refractivity contribution >= 4 is 0 Å². The van der Waals surface area contributed by atoms with E-state index in [1.165, 1.54) is 257 Å². The van der Waals surface area contributed by atoms with E-state index in [4.69, 9.17) is 0 Å². The Bertz CT molecular complexity index is 399. The van der Waals surface area contributed by atoms with Gasteiger partial charge in [0.1, 0.15) is 0 Å².